The molecule has 0 radical (unpaired) electrons. The summed E-state index contributed by atoms with van der Waals surface area (Å²) in [5.74, 6) is -1.48. The van der Waals surface area contributed by atoms with Gasteiger partial charge in [0.15, 0.2) is 5.75 Å². The van der Waals surface area contributed by atoms with E-state index >= 15 is 0 Å². The Hall–Kier alpha value is -2.80. The molecule has 1 aliphatic rings. The Morgan fingerprint density at radius 2 is 2.00 bits per heavy atom. The zero-order valence-electron chi connectivity index (χ0n) is 15.3. The first-order valence-electron chi connectivity index (χ1n) is 8.42. The standard InChI is InChI=1S/C19H20ClN3O4/c1-21(2)18(26)15-13-7-8-23(10-11-5-4-6-12(20)9-11)17(25)14(13)16(24)19(27)22(15)3/h4-6,9,24H,7-8,10H2,1-3H3. The molecule has 0 fully saturated rings. The van der Waals surface area contributed by atoms with E-state index in [-0.39, 0.29) is 17.2 Å². The van der Waals surface area contributed by atoms with Crippen molar-refractivity contribution in [1.82, 2.24) is 14.4 Å². The highest BCUT2D eigenvalue weighted by atomic mass is 35.5. The Labute approximate surface area is 161 Å². The second-order valence-electron chi connectivity index (χ2n) is 6.72. The maximum Gasteiger partial charge on any atom is 0.293 e. The van der Waals surface area contributed by atoms with Gasteiger partial charge in [0.05, 0.1) is 5.56 Å². The predicted molar refractivity (Wildman–Crippen MR) is 101 cm³/mol. The number of fused-ring (bicyclic) bond motifs is 1. The molecule has 0 bridgehead atoms. The third-order valence-electron chi connectivity index (χ3n) is 4.67. The van der Waals surface area contributed by atoms with Gasteiger partial charge in [-0.1, -0.05) is 23.7 Å². The summed E-state index contributed by atoms with van der Waals surface area (Å²) < 4.78 is 1.11. The number of nitrogens with zero attached hydrogens (tertiary/aromatic N) is 3. The highest BCUT2D eigenvalue weighted by Crippen LogP contribution is 2.29. The lowest BCUT2D eigenvalue weighted by molar-refractivity contribution is 0.0720. The minimum atomic E-state index is -0.767. The maximum atomic E-state index is 13.0. The minimum Gasteiger partial charge on any atom is -0.502 e. The summed E-state index contributed by atoms with van der Waals surface area (Å²) in [5, 5.41) is 10.9. The van der Waals surface area contributed by atoms with Crippen LogP contribution >= 0.6 is 11.6 Å². The fraction of sp³-hybridized carbons (Fsp3) is 0.316. The van der Waals surface area contributed by atoms with Crippen LogP contribution < -0.4 is 5.56 Å². The summed E-state index contributed by atoms with van der Waals surface area (Å²) in [5.41, 5.74) is 0.523. The van der Waals surface area contributed by atoms with Gasteiger partial charge in [0.1, 0.15) is 5.69 Å². The molecule has 27 heavy (non-hydrogen) atoms. The molecule has 142 valence electrons. The molecular formula is C19H20ClN3O4. The van der Waals surface area contributed by atoms with Gasteiger partial charge in [-0.15, -0.1) is 0 Å². The summed E-state index contributed by atoms with van der Waals surface area (Å²) in [4.78, 5) is 40.8. The van der Waals surface area contributed by atoms with E-state index in [0.717, 1.165) is 10.1 Å². The molecule has 8 heteroatoms. The van der Waals surface area contributed by atoms with Crippen LogP contribution in [-0.2, 0) is 20.0 Å². The second kappa shape index (κ2) is 7.08. The molecule has 0 aliphatic carbocycles. The number of halogens is 1. The van der Waals surface area contributed by atoms with E-state index in [1.54, 1.807) is 32.3 Å². The molecule has 0 unspecified atom stereocenters. The topological polar surface area (TPSA) is 82.9 Å². The van der Waals surface area contributed by atoms with Gasteiger partial charge in [-0.25, -0.2) is 0 Å². The Kier molecular flexibility index (Phi) is 4.97. The summed E-state index contributed by atoms with van der Waals surface area (Å²) in [6.07, 6.45) is 0.359. The third-order valence-corrected chi connectivity index (χ3v) is 4.91. The second-order valence-corrected chi connectivity index (χ2v) is 7.16. The average molecular weight is 390 g/mol. The van der Waals surface area contributed by atoms with Crippen LogP contribution in [0.1, 0.15) is 32.0 Å². The Balaban J connectivity index is 2.07. The summed E-state index contributed by atoms with van der Waals surface area (Å²) in [6.45, 7) is 0.661. The summed E-state index contributed by atoms with van der Waals surface area (Å²) in [7, 11) is 4.56. The van der Waals surface area contributed by atoms with E-state index in [2.05, 4.69) is 0 Å². The summed E-state index contributed by atoms with van der Waals surface area (Å²) in [6, 6.07) is 7.14. The predicted octanol–water partition coefficient (Wildman–Crippen LogP) is 1.64. The van der Waals surface area contributed by atoms with Crippen LogP contribution in [0.15, 0.2) is 29.1 Å². The van der Waals surface area contributed by atoms with Crippen LogP contribution in [-0.4, -0.2) is 51.9 Å². The monoisotopic (exact) mass is 389 g/mol. The minimum absolute atomic E-state index is 0.0865. The Morgan fingerprint density at radius 3 is 2.63 bits per heavy atom. The third kappa shape index (κ3) is 3.30. The number of pyridine rings is 1. The highest BCUT2D eigenvalue weighted by molar-refractivity contribution is 6.30. The number of aromatic hydroxyl groups is 1. The number of carbonyl (C=O) groups excluding carboxylic acids is 2. The molecule has 7 nitrogen and oxygen atoms in total. The van der Waals surface area contributed by atoms with E-state index in [4.69, 9.17) is 11.6 Å². The van der Waals surface area contributed by atoms with Crippen molar-refractivity contribution in [2.24, 2.45) is 7.05 Å². The van der Waals surface area contributed by atoms with Crippen LogP contribution in [0.3, 0.4) is 0 Å². The van der Waals surface area contributed by atoms with E-state index in [9.17, 15) is 19.5 Å². The van der Waals surface area contributed by atoms with Crippen molar-refractivity contribution in [3.63, 3.8) is 0 Å². The van der Waals surface area contributed by atoms with Gasteiger partial charge in [-0.2, -0.15) is 0 Å². The van der Waals surface area contributed by atoms with Crippen molar-refractivity contribution in [3.8, 4) is 5.75 Å². The first-order chi connectivity index (χ1) is 12.7. The molecule has 3 rings (SSSR count). The number of benzene rings is 1. The largest absolute Gasteiger partial charge is 0.502 e. The van der Waals surface area contributed by atoms with Crippen molar-refractivity contribution in [3.05, 3.63) is 62.0 Å². The molecule has 2 heterocycles. The number of rotatable bonds is 3. The molecule has 2 aromatic rings. The van der Waals surface area contributed by atoms with Crippen molar-refractivity contribution in [2.75, 3.05) is 20.6 Å². The lowest BCUT2D eigenvalue weighted by atomic mass is 9.95. The first-order valence-corrected chi connectivity index (χ1v) is 8.80. The van der Waals surface area contributed by atoms with Crippen molar-refractivity contribution < 1.29 is 14.7 Å². The van der Waals surface area contributed by atoms with Gasteiger partial charge in [-0.05, 0) is 24.1 Å². The number of amides is 2. The van der Waals surface area contributed by atoms with E-state index in [1.807, 2.05) is 6.07 Å². The highest BCUT2D eigenvalue weighted by Gasteiger charge is 2.34. The zero-order valence-corrected chi connectivity index (χ0v) is 16.1. The smallest absolute Gasteiger partial charge is 0.293 e. The molecule has 0 saturated heterocycles. The van der Waals surface area contributed by atoms with E-state index in [1.165, 1.54) is 16.8 Å². The van der Waals surface area contributed by atoms with E-state index in [0.29, 0.717) is 30.1 Å². The average Bonchev–Trinajstić information content (AvgIpc) is 2.62. The van der Waals surface area contributed by atoms with Gasteiger partial charge < -0.3 is 19.5 Å². The fourth-order valence-electron chi connectivity index (χ4n) is 3.30. The molecule has 1 N–H and O–H groups in total. The molecule has 2 amide bonds. The van der Waals surface area contributed by atoms with Gasteiger partial charge in [-0.3, -0.25) is 14.4 Å². The zero-order chi connectivity index (χ0) is 19.9. The van der Waals surface area contributed by atoms with Crippen molar-refractivity contribution >= 4 is 23.4 Å². The van der Waals surface area contributed by atoms with E-state index < -0.39 is 17.2 Å². The van der Waals surface area contributed by atoms with Gasteiger partial charge in [0, 0.05) is 44.8 Å². The quantitative estimate of drug-likeness (QED) is 0.865. The van der Waals surface area contributed by atoms with Crippen LogP contribution in [0.5, 0.6) is 5.75 Å². The van der Waals surface area contributed by atoms with Gasteiger partial charge in [0.2, 0.25) is 0 Å². The van der Waals surface area contributed by atoms with Crippen molar-refractivity contribution in [1.29, 1.82) is 0 Å². The number of hydrogen-bond donors (Lipinski definition) is 1. The van der Waals surface area contributed by atoms with Gasteiger partial charge in [0.25, 0.3) is 17.4 Å². The van der Waals surface area contributed by atoms with Crippen molar-refractivity contribution in [2.45, 2.75) is 13.0 Å². The number of aromatic nitrogens is 1. The lowest BCUT2D eigenvalue weighted by Crippen LogP contribution is -2.42. The molecule has 0 atom stereocenters. The summed E-state index contributed by atoms with van der Waals surface area (Å²) >= 11 is 6.00. The first kappa shape index (κ1) is 19.0. The molecule has 1 aliphatic heterocycles. The fourth-order valence-corrected chi connectivity index (χ4v) is 3.52. The SMILES string of the molecule is CN(C)C(=O)c1c2c(c(O)c(=O)n1C)C(=O)N(Cc1cccc(Cl)c1)CC2. The van der Waals surface area contributed by atoms with Crippen LogP contribution in [0.25, 0.3) is 0 Å². The van der Waals surface area contributed by atoms with Crippen LogP contribution in [0.2, 0.25) is 5.02 Å². The Morgan fingerprint density at radius 1 is 1.30 bits per heavy atom. The lowest BCUT2D eigenvalue weighted by Gasteiger charge is -2.31. The van der Waals surface area contributed by atoms with Gasteiger partial charge >= 0.3 is 0 Å². The molecule has 1 aromatic carbocycles. The molecule has 0 saturated carbocycles. The normalized spacial score (nSPS) is 13.5. The number of carbonyl (C=O) groups is 2. The maximum absolute atomic E-state index is 13.0. The molecular weight excluding hydrogens is 370 g/mol. The number of hydrogen-bond acceptors (Lipinski definition) is 4. The molecule has 0 spiro atoms. The van der Waals surface area contributed by atoms with Crippen LogP contribution in [0.4, 0.5) is 0 Å². The molecule has 1 aromatic heterocycles. The Bertz CT molecular complexity index is 997. The van der Waals surface area contributed by atoms with Crippen LogP contribution in [0, 0.1) is 0 Å².